The van der Waals surface area contributed by atoms with Crippen molar-refractivity contribution in [3.8, 4) is 23.3 Å². The highest BCUT2D eigenvalue weighted by atomic mass is 16.5. The van der Waals surface area contributed by atoms with E-state index < -0.39 is 11.9 Å². The normalized spacial score (nSPS) is 12.6. The van der Waals surface area contributed by atoms with Gasteiger partial charge in [0, 0.05) is 57.6 Å². The van der Waals surface area contributed by atoms with Crippen LogP contribution in [0.5, 0.6) is 11.5 Å². The summed E-state index contributed by atoms with van der Waals surface area (Å²) in [5.41, 5.74) is 2.02. The van der Waals surface area contributed by atoms with E-state index in [1.165, 1.54) is 14.8 Å². The third-order valence-electron chi connectivity index (χ3n) is 6.78. The van der Waals surface area contributed by atoms with E-state index in [2.05, 4.69) is 39.2 Å². The maximum atomic E-state index is 12.9. The molecule has 13 heteroatoms. The van der Waals surface area contributed by atoms with Crippen LogP contribution in [0.2, 0.25) is 0 Å². The van der Waals surface area contributed by atoms with Gasteiger partial charge >= 0.3 is 17.6 Å². The molecule has 5 rings (SSSR count). The molecule has 1 aliphatic heterocycles. The quantitative estimate of drug-likeness (QED) is 0.231. The van der Waals surface area contributed by atoms with Crippen LogP contribution in [-0.2, 0) is 29.7 Å². The molecule has 2 aromatic heterocycles. The molecule has 0 bridgehead atoms. The van der Waals surface area contributed by atoms with Crippen molar-refractivity contribution in [2.45, 2.75) is 26.9 Å². The van der Waals surface area contributed by atoms with Gasteiger partial charge in [-0.15, -0.1) is 0 Å². The largest absolute Gasteiger partial charge is 0.473 e. The van der Waals surface area contributed by atoms with Crippen LogP contribution >= 0.6 is 0 Å². The van der Waals surface area contributed by atoms with E-state index in [4.69, 9.17) is 24.5 Å². The molecule has 3 N–H and O–H groups in total. The third kappa shape index (κ3) is 6.94. The Hall–Kier alpha value is -5.35. The Balaban J connectivity index is 0.000000641. The summed E-state index contributed by atoms with van der Waals surface area (Å²) in [6.07, 6.45) is 0. The summed E-state index contributed by atoms with van der Waals surface area (Å²) in [6, 6.07) is 15.7. The van der Waals surface area contributed by atoms with E-state index in [1.807, 2.05) is 43.3 Å². The number of nitrogens with zero attached hydrogens (tertiary/aromatic N) is 5. The van der Waals surface area contributed by atoms with Crippen LogP contribution in [0.25, 0.3) is 11.2 Å². The molecule has 0 amide bonds. The molecule has 0 saturated carbocycles. The minimum Gasteiger partial charge on any atom is -0.473 e. The molecule has 43 heavy (non-hydrogen) atoms. The Morgan fingerprint density at radius 2 is 1.44 bits per heavy atom. The number of anilines is 1. The average molecular weight is 589 g/mol. The highest BCUT2D eigenvalue weighted by Crippen LogP contribution is 2.25. The van der Waals surface area contributed by atoms with Crippen LogP contribution in [0.4, 0.5) is 5.69 Å². The van der Waals surface area contributed by atoms with Crippen molar-refractivity contribution in [1.82, 2.24) is 24.0 Å². The lowest BCUT2D eigenvalue weighted by Crippen LogP contribution is -2.43. The molecule has 224 valence electrons. The van der Waals surface area contributed by atoms with Gasteiger partial charge in [0.1, 0.15) is 11.5 Å². The number of benzene rings is 2. The third-order valence-corrected chi connectivity index (χ3v) is 6.78. The molecule has 0 atom stereocenters. The molecule has 3 heterocycles. The molecular weight excluding hydrogens is 556 g/mol. The second kappa shape index (κ2) is 13.5. The number of piperazine rings is 1. The number of rotatable bonds is 5. The first-order chi connectivity index (χ1) is 20.6. The van der Waals surface area contributed by atoms with Gasteiger partial charge in [-0.2, -0.15) is 0 Å². The molecule has 4 aromatic rings. The fraction of sp³-hybridized carbons (Fsp3) is 0.300. The van der Waals surface area contributed by atoms with Crippen LogP contribution in [0.1, 0.15) is 25.2 Å². The number of carbonyl (C=O) groups is 2. The zero-order chi connectivity index (χ0) is 31.1. The number of aliphatic carboxylic acids is 2. The lowest BCUT2D eigenvalue weighted by Gasteiger charge is -2.29. The first-order valence-electron chi connectivity index (χ1n) is 13.7. The minimum atomic E-state index is -1.82. The summed E-state index contributed by atoms with van der Waals surface area (Å²) >= 11 is 0. The number of hydrogen-bond acceptors (Lipinski definition) is 8. The van der Waals surface area contributed by atoms with Gasteiger partial charge in [0.2, 0.25) is 0 Å². The van der Waals surface area contributed by atoms with Crippen molar-refractivity contribution in [3.63, 3.8) is 0 Å². The van der Waals surface area contributed by atoms with Gasteiger partial charge in [0.05, 0.1) is 0 Å². The van der Waals surface area contributed by atoms with Crippen LogP contribution in [0, 0.1) is 11.8 Å². The monoisotopic (exact) mass is 588 g/mol. The van der Waals surface area contributed by atoms with Crippen LogP contribution in [-0.4, -0.2) is 67.0 Å². The first-order valence-corrected chi connectivity index (χ1v) is 13.7. The number of fused-ring (bicyclic) bond motifs is 1. The van der Waals surface area contributed by atoms with Gasteiger partial charge in [0.15, 0.2) is 17.0 Å². The molecule has 0 spiro atoms. The van der Waals surface area contributed by atoms with Crippen molar-refractivity contribution in [2.24, 2.45) is 7.05 Å². The van der Waals surface area contributed by atoms with Crippen molar-refractivity contribution >= 4 is 28.8 Å². The van der Waals surface area contributed by atoms with Crippen LogP contribution < -0.4 is 26.2 Å². The first kappa shape index (κ1) is 30.6. The van der Waals surface area contributed by atoms with Gasteiger partial charge in [-0.05, 0) is 68.3 Å². The summed E-state index contributed by atoms with van der Waals surface area (Å²) in [4.78, 5) is 50.6. The van der Waals surface area contributed by atoms with Gasteiger partial charge in [-0.25, -0.2) is 19.4 Å². The maximum absolute atomic E-state index is 12.9. The molecule has 13 nitrogen and oxygen atoms in total. The topological polar surface area (TPSA) is 161 Å². The Bertz CT molecular complexity index is 1790. The lowest BCUT2D eigenvalue weighted by atomic mass is 10.2. The lowest BCUT2D eigenvalue weighted by molar-refractivity contribution is -0.159. The number of aryl methyl sites for hydroxylation is 2. The zero-order valence-corrected chi connectivity index (χ0v) is 24.0. The Kier molecular flexibility index (Phi) is 9.64. The van der Waals surface area contributed by atoms with Crippen molar-refractivity contribution in [1.29, 1.82) is 0 Å². The van der Waals surface area contributed by atoms with Gasteiger partial charge in [-0.1, -0.05) is 5.92 Å². The average Bonchev–Trinajstić information content (AvgIpc) is 3.34. The number of ether oxygens (including phenoxy) is 1. The molecule has 2 aromatic carbocycles. The molecule has 1 fully saturated rings. The van der Waals surface area contributed by atoms with Crippen LogP contribution in [0.15, 0.2) is 58.1 Å². The highest BCUT2D eigenvalue weighted by molar-refractivity contribution is 6.27. The second-order valence-electron chi connectivity index (χ2n) is 9.46. The van der Waals surface area contributed by atoms with E-state index in [1.54, 1.807) is 18.5 Å². The van der Waals surface area contributed by atoms with Crippen LogP contribution in [0.3, 0.4) is 0 Å². The number of carboxylic acid groups (broad SMARTS) is 2. The van der Waals surface area contributed by atoms with Gasteiger partial charge in [0.25, 0.3) is 5.56 Å². The van der Waals surface area contributed by atoms with E-state index in [0.717, 1.165) is 43.2 Å². The standard InChI is InChI=1S/C28H30N6O3.C2H2O4/c1-4-33-26-25(27(35)34(5-2)28(33)36)31(3)24(30-26)15-8-20-6-11-22(12-7-20)37-23-13-9-21(10-14-23)32-18-16-29-17-19-32;3-1(4)2(5)6/h6-7,9-14,29H,4-5,16-19H2,1-3H3;(H,3,4)(H,5,6). The predicted octanol–water partition coefficient (Wildman–Crippen LogP) is 1.69. The van der Waals surface area contributed by atoms with Crippen molar-refractivity contribution in [2.75, 3.05) is 31.1 Å². The Labute approximate surface area is 246 Å². The van der Waals surface area contributed by atoms with Crippen molar-refractivity contribution < 1.29 is 24.5 Å². The maximum Gasteiger partial charge on any atom is 0.414 e. The molecule has 0 unspecified atom stereocenters. The minimum absolute atomic E-state index is 0.300. The van der Waals surface area contributed by atoms with E-state index >= 15 is 0 Å². The summed E-state index contributed by atoms with van der Waals surface area (Å²) in [5, 5.41) is 18.1. The summed E-state index contributed by atoms with van der Waals surface area (Å²) < 4.78 is 10.4. The molecule has 1 saturated heterocycles. The van der Waals surface area contributed by atoms with E-state index in [9.17, 15) is 9.59 Å². The number of hydrogen-bond donors (Lipinski definition) is 3. The van der Waals surface area contributed by atoms with Gasteiger partial charge < -0.3 is 29.7 Å². The van der Waals surface area contributed by atoms with Crippen molar-refractivity contribution in [3.05, 3.63) is 80.8 Å². The molecular formula is C30H32N6O7. The fourth-order valence-electron chi connectivity index (χ4n) is 4.56. The molecule has 0 radical (unpaired) electrons. The number of carboxylic acids is 2. The Morgan fingerprint density at radius 1 is 0.884 bits per heavy atom. The van der Waals surface area contributed by atoms with E-state index in [0.29, 0.717) is 30.1 Å². The Morgan fingerprint density at radius 3 is 1.98 bits per heavy atom. The zero-order valence-electron chi connectivity index (χ0n) is 24.0. The second-order valence-corrected chi connectivity index (χ2v) is 9.46. The smallest absolute Gasteiger partial charge is 0.414 e. The van der Waals surface area contributed by atoms with E-state index in [-0.39, 0.29) is 11.2 Å². The summed E-state index contributed by atoms with van der Waals surface area (Å²) in [6.45, 7) is 8.37. The number of imidazole rings is 1. The highest BCUT2D eigenvalue weighted by Gasteiger charge is 2.18. The number of nitrogens with one attached hydrogen (secondary N) is 1. The predicted molar refractivity (Wildman–Crippen MR) is 160 cm³/mol. The fourth-order valence-corrected chi connectivity index (χ4v) is 4.56. The molecule has 1 aliphatic rings. The summed E-state index contributed by atoms with van der Waals surface area (Å²) in [5.74, 6) is 4.42. The number of aromatic nitrogens is 4. The molecule has 0 aliphatic carbocycles. The summed E-state index contributed by atoms with van der Waals surface area (Å²) in [7, 11) is 1.75. The van der Waals surface area contributed by atoms with Gasteiger partial charge in [-0.3, -0.25) is 13.9 Å². The SMILES string of the molecule is CCn1c(=O)c2c(nc(C#Cc3ccc(Oc4ccc(N5CCNCC5)cc4)cc3)n2C)n(CC)c1=O.O=C(O)C(=O)O.